The fourth-order valence-electron chi connectivity index (χ4n) is 0.597. The SMILES string of the molecule is CSc1cc(Cl)nc(Cl)c1Cl. The minimum Gasteiger partial charge on any atom is -0.223 e. The van der Waals surface area contributed by atoms with Crippen LogP contribution < -0.4 is 0 Å². The maximum absolute atomic E-state index is 5.79. The first kappa shape index (κ1) is 9.46. The molecule has 0 N–H and O–H groups in total. The number of thioether (sulfide) groups is 1. The molecule has 60 valence electrons. The van der Waals surface area contributed by atoms with Gasteiger partial charge in [-0.3, -0.25) is 0 Å². The summed E-state index contributed by atoms with van der Waals surface area (Å²) in [5.41, 5.74) is 0. The van der Waals surface area contributed by atoms with Gasteiger partial charge in [0.2, 0.25) is 0 Å². The number of halogens is 3. The third-order valence-corrected chi connectivity index (χ3v) is 2.89. The first-order chi connectivity index (χ1) is 5.15. The average molecular weight is 229 g/mol. The number of aromatic nitrogens is 1. The van der Waals surface area contributed by atoms with Crippen molar-refractivity contribution in [2.75, 3.05) is 6.26 Å². The third-order valence-electron chi connectivity index (χ3n) is 1.07. The van der Waals surface area contributed by atoms with Crippen molar-refractivity contribution < 1.29 is 0 Å². The van der Waals surface area contributed by atoms with Crippen molar-refractivity contribution in [1.82, 2.24) is 4.98 Å². The molecule has 0 unspecified atom stereocenters. The average Bonchev–Trinajstić information content (AvgIpc) is 1.96. The quantitative estimate of drug-likeness (QED) is 0.536. The van der Waals surface area contributed by atoms with E-state index in [4.69, 9.17) is 34.8 Å². The summed E-state index contributed by atoms with van der Waals surface area (Å²) in [6.45, 7) is 0. The van der Waals surface area contributed by atoms with Gasteiger partial charge in [0.25, 0.3) is 0 Å². The van der Waals surface area contributed by atoms with E-state index in [0.717, 1.165) is 4.90 Å². The molecule has 1 aromatic heterocycles. The first-order valence-electron chi connectivity index (χ1n) is 2.70. The molecule has 0 aliphatic heterocycles. The van der Waals surface area contributed by atoms with E-state index in [1.165, 1.54) is 11.8 Å². The molecule has 0 amide bonds. The number of hydrogen-bond acceptors (Lipinski definition) is 2. The Morgan fingerprint density at radius 1 is 1.36 bits per heavy atom. The van der Waals surface area contributed by atoms with Gasteiger partial charge in [-0.2, -0.15) is 0 Å². The third kappa shape index (κ3) is 2.15. The smallest absolute Gasteiger partial charge is 0.150 e. The van der Waals surface area contributed by atoms with Crippen molar-refractivity contribution in [3.05, 3.63) is 21.4 Å². The van der Waals surface area contributed by atoms with Crippen LogP contribution in [0.4, 0.5) is 0 Å². The van der Waals surface area contributed by atoms with Crippen molar-refractivity contribution in [2.24, 2.45) is 0 Å². The molecule has 1 nitrogen and oxygen atoms in total. The van der Waals surface area contributed by atoms with Gasteiger partial charge in [-0.15, -0.1) is 11.8 Å². The van der Waals surface area contributed by atoms with Crippen molar-refractivity contribution in [3.8, 4) is 0 Å². The molecule has 0 fully saturated rings. The van der Waals surface area contributed by atoms with Crippen molar-refractivity contribution in [2.45, 2.75) is 4.90 Å². The minimum atomic E-state index is 0.253. The fraction of sp³-hybridized carbons (Fsp3) is 0.167. The van der Waals surface area contributed by atoms with Crippen LogP contribution in [0.5, 0.6) is 0 Å². The summed E-state index contributed by atoms with van der Waals surface area (Å²) >= 11 is 18.6. The topological polar surface area (TPSA) is 12.9 Å². The Kier molecular flexibility index (Phi) is 3.31. The fourth-order valence-corrected chi connectivity index (χ4v) is 1.98. The van der Waals surface area contributed by atoms with Gasteiger partial charge in [0.05, 0.1) is 5.02 Å². The first-order valence-corrected chi connectivity index (χ1v) is 5.06. The maximum Gasteiger partial charge on any atom is 0.150 e. The Morgan fingerprint density at radius 3 is 2.55 bits per heavy atom. The molecule has 11 heavy (non-hydrogen) atoms. The molecule has 0 atom stereocenters. The molecular formula is C6H4Cl3NS. The van der Waals surface area contributed by atoms with E-state index < -0.39 is 0 Å². The van der Waals surface area contributed by atoms with E-state index in [2.05, 4.69) is 4.98 Å². The van der Waals surface area contributed by atoms with Crippen LogP contribution in [0.25, 0.3) is 0 Å². The summed E-state index contributed by atoms with van der Waals surface area (Å²) in [4.78, 5) is 4.61. The zero-order valence-corrected chi connectivity index (χ0v) is 8.65. The van der Waals surface area contributed by atoms with Crippen molar-refractivity contribution in [1.29, 1.82) is 0 Å². The van der Waals surface area contributed by atoms with Gasteiger partial charge in [-0.25, -0.2) is 4.98 Å². The number of nitrogens with zero attached hydrogens (tertiary/aromatic N) is 1. The lowest BCUT2D eigenvalue weighted by Crippen LogP contribution is -1.81. The highest BCUT2D eigenvalue weighted by molar-refractivity contribution is 7.98. The summed E-state index contributed by atoms with van der Waals surface area (Å²) in [6.07, 6.45) is 1.90. The Morgan fingerprint density at radius 2 is 2.00 bits per heavy atom. The maximum atomic E-state index is 5.79. The Hall–Kier alpha value is 0.370. The lowest BCUT2D eigenvalue weighted by atomic mass is 10.5. The van der Waals surface area contributed by atoms with Gasteiger partial charge in [-0.1, -0.05) is 34.8 Å². The van der Waals surface area contributed by atoms with E-state index in [-0.39, 0.29) is 5.15 Å². The lowest BCUT2D eigenvalue weighted by Gasteiger charge is -2.01. The molecule has 1 heterocycles. The molecule has 0 aliphatic carbocycles. The highest BCUT2D eigenvalue weighted by Gasteiger charge is 2.06. The van der Waals surface area contributed by atoms with E-state index in [9.17, 15) is 0 Å². The van der Waals surface area contributed by atoms with Crippen LogP contribution in [0.15, 0.2) is 11.0 Å². The van der Waals surface area contributed by atoms with Crippen LogP contribution in [0.3, 0.4) is 0 Å². The van der Waals surface area contributed by atoms with E-state index >= 15 is 0 Å². The van der Waals surface area contributed by atoms with Crippen LogP contribution in [-0.4, -0.2) is 11.2 Å². The second-order valence-electron chi connectivity index (χ2n) is 1.75. The van der Waals surface area contributed by atoms with Gasteiger partial charge in [0, 0.05) is 4.90 Å². The van der Waals surface area contributed by atoms with E-state index in [0.29, 0.717) is 10.2 Å². The highest BCUT2D eigenvalue weighted by atomic mass is 35.5. The van der Waals surface area contributed by atoms with Gasteiger partial charge in [0.15, 0.2) is 5.15 Å². The van der Waals surface area contributed by atoms with Crippen molar-refractivity contribution >= 4 is 46.6 Å². The molecule has 0 bridgehead atoms. The molecular weight excluding hydrogens is 224 g/mol. The highest BCUT2D eigenvalue weighted by Crippen LogP contribution is 2.32. The largest absolute Gasteiger partial charge is 0.223 e. The Bertz CT molecular complexity index is 277. The summed E-state index contributed by atoms with van der Waals surface area (Å²) < 4.78 is 0. The van der Waals surface area contributed by atoms with Crippen LogP contribution in [-0.2, 0) is 0 Å². The Labute approximate surface area is 84.0 Å². The predicted molar refractivity (Wildman–Crippen MR) is 51.0 cm³/mol. The van der Waals surface area contributed by atoms with Crippen molar-refractivity contribution in [3.63, 3.8) is 0 Å². The monoisotopic (exact) mass is 227 g/mol. The molecule has 0 saturated carbocycles. The summed E-state index contributed by atoms with van der Waals surface area (Å²) in [6, 6.07) is 1.68. The summed E-state index contributed by atoms with van der Waals surface area (Å²) in [5, 5.41) is 1.08. The van der Waals surface area contributed by atoms with Crippen LogP contribution in [0, 0.1) is 0 Å². The van der Waals surface area contributed by atoms with Gasteiger partial charge >= 0.3 is 0 Å². The molecule has 0 radical (unpaired) electrons. The summed E-state index contributed by atoms with van der Waals surface area (Å²) in [7, 11) is 0. The molecule has 0 aromatic carbocycles. The normalized spacial score (nSPS) is 10.2. The van der Waals surface area contributed by atoms with Crippen LogP contribution in [0.1, 0.15) is 0 Å². The zero-order chi connectivity index (χ0) is 8.43. The standard InChI is InChI=1S/C6H4Cl3NS/c1-11-3-2-4(7)10-6(9)5(3)8/h2H,1H3. The van der Waals surface area contributed by atoms with Gasteiger partial charge in [-0.05, 0) is 12.3 Å². The lowest BCUT2D eigenvalue weighted by molar-refractivity contribution is 1.26. The second kappa shape index (κ2) is 3.85. The molecule has 0 spiro atoms. The van der Waals surface area contributed by atoms with E-state index in [1.54, 1.807) is 6.07 Å². The summed E-state index contributed by atoms with van der Waals surface area (Å²) in [5.74, 6) is 0. The van der Waals surface area contributed by atoms with Crippen LogP contribution in [0.2, 0.25) is 15.3 Å². The number of hydrogen-bond donors (Lipinski definition) is 0. The zero-order valence-electron chi connectivity index (χ0n) is 5.57. The molecule has 5 heteroatoms. The van der Waals surface area contributed by atoms with Crippen LogP contribution >= 0.6 is 46.6 Å². The molecule has 0 aliphatic rings. The molecule has 1 aromatic rings. The number of rotatable bonds is 1. The molecule has 0 saturated heterocycles. The van der Waals surface area contributed by atoms with Gasteiger partial charge in [0.1, 0.15) is 5.15 Å². The molecule has 1 rings (SSSR count). The van der Waals surface area contributed by atoms with E-state index in [1.807, 2.05) is 6.26 Å². The number of pyridine rings is 1. The Balaban J connectivity index is 3.24. The van der Waals surface area contributed by atoms with Gasteiger partial charge < -0.3 is 0 Å². The minimum absolute atomic E-state index is 0.253. The predicted octanol–water partition coefficient (Wildman–Crippen LogP) is 3.76. The second-order valence-corrected chi connectivity index (χ2v) is 3.72.